The predicted molar refractivity (Wildman–Crippen MR) is 125 cm³/mol. The van der Waals surface area contributed by atoms with Crippen LogP contribution in [0.5, 0.6) is 0 Å². The molecule has 0 amide bonds. The number of aliphatic hydroxyl groups is 3. The monoisotopic (exact) mass is 506 g/mol. The van der Waals surface area contributed by atoms with Crippen molar-refractivity contribution >= 4 is 17.5 Å². The van der Waals surface area contributed by atoms with Crippen molar-refractivity contribution in [1.82, 2.24) is 0 Å². The smallest absolute Gasteiger partial charge is 0.335 e. The summed E-state index contributed by atoms with van der Waals surface area (Å²) >= 11 is 0. The van der Waals surface area contributed by atoms with Crippen molar-refractivity contribution in [2.75, 3.05) is 0 Å². The molecule has 1 saturated heterocycles. The minimum atomic E-state index is -1.79. The molecule has 9 nitrogen and oxygen atoms in total. The zero-order chi connectivity index (χ0) is 26.2. The summed E-state index contributed by atoms with van der Waals surface area (Å²) < 4.78 is 11.9. The summed E-state index contributed by atoms with van der Waals surface area (Å²) in [5, 5.41) is 40.7. The first-order valence-electron chi connectivity index (χ1n) is 13.2. The first-order valence-corrected chi connectivity index (χ1v) is 13.2. The van der Waals surface area contributed by atoms with Crippen LogP contribution in [0.2, 0.25) is 0 Å². The van der Waals surface area contributed by atoms with Crippen molar-refractivity contribution < 1.29 is 44.3 Å². The van der Waals surface area contributed by atoms with Crippen LogP contribution in [0.25, 0.3) is 0 Å². The van der Waals surface area contributed by atoms with Crippen molar-refractivity contribution in [3.63, 3.8) is 0 Å². The summed E-state index contributed by atoms with van der Waals surface area (Å²) in [6.45, 7) is 5.97. The molecule has 0 radical (unpaired) electrons. The average molecular weight is 507 g/mol. The van der Waals surface area contributed by atoms with Gasteiger partial charge in [-0.1, -0.05) is 19.4 Å². The van der Waals surface area contributed by atoms with E-state index in [0.717, 1.165) is 31.3 Å². The number of aliphatic hydroxyl groups excluding tert-OH is 3. The van der Waals surface area contributed by atoms with Crippen LogP contribution < -0.4 is 0 Å². The standard InChI is InChI=1S/C27H38O9/c1-12(28)16-6-7-17-15-5-4-13-10-14(29)8-9-26(13,2)19(15)18(11-27(16,17)3)35-25-22(32)20(30)21(31)23(36-25)24(33)34/h10,15-23,25,30-32H,4-9,11H2,1-3H3,(H,33,34)/t15-,16+,17-,18+,19+,20?,21?,22?,23?,25?,26-,27+/m1/s1. The Hall–Kier alpha value is -1.65. The maximum atomic E-state index is 12.7. The van der Waals surface area contributed by atoms with Gasteiger partial charge in [0.15, 0.2) is 18.2 Å². The fraction of sp³-hybridized carbons (Fsp3) is 0.815. The Balaban J connectivity index is 1.53. The number of ketones is 2. The molecule has 4 aliphatic carbocycles. The number of hydrogen-bond acceptors (Lipinski definition) is 8. The van der Waals surface area contributed by atoms with E-state index in [2.05, 4.69) is 13.8 Å². The van der Waals surface area contributed by atoms with Gasteiger partial charge in [0.2, 0.25) is 0 Å². The zero-order valence-corrected chi connectivity index (χ0v) is 21.1. The Morgan fingerprint density at radius 2 is 1.78 bits per heavy atom. The van der Waals surface area contributed by atoms with Crippen LogP contribution in [0, 0.1) is 34.5 Å². The number of carboxylic acids is 1. The van der Waals surface area contributed by atoms with Gasteiger partial charge >= 0.3 is 5.97 Å². The lowest BCUT2D eigenvalue weighted by molar-refractivity contribution is -0.320. The summed E-state index contributed by atoms with van der Waals surface area (Å²) in [6, 6.07) is 0. The van der Waals surface area contributed by atoms with Crippen LogP contribution in [-0.2, 0) is 23.9 Å². The van der Waals surface area contributed by atoms with Crippen molar-refractivity contribution in [1.29, 1.82) is 0 Å². The molecule has 4 N–H and O–H groups in total. The van der Waals surface area contributed by atoms with Crippen molar-refractivity contribution in [3.8, 4) is 0 Å². The summed E-state index contributed by atoms with van der Waals surface area (Å²) in [5.74, 6) is -0.737. The van der Waals surface area contributed by atoms with E-state index >= 15 is 0 Å². The van der Waals surface area contributed by atoms with Gasteiger partial charge < -0.3 is 29.9 Å². The Morgan fingerprint density at radius 3 is 2.44 bits per heavy atom. The lowest BCUT2D eigenvalue weighted by atomic mass is 9.46. The van der Waals surface area contributed by atoms with E-state index in [1.165, 1.54) is 0 Å². The minimum absolute atomic E-state index is 0.0162. The fourth-order valence-electron chi connectivity index (χ4n) is 8.78. The molecule has 3 saturated carbocycles. The van der Waals surface area contributed by atoms with E-state index < -0.39 is 42.8 Å². The largest absolute Gasteiger partial charge is 0.479 e. The minimum Gasteiger partial charge on any atom is -0.479 e. The van der Waals surface area contributed by atoms with Crippen LogP contribution in [0.15, 0.2) is 11.6 Å². The van der Waals surface area contributed by atoms with E-state index in [-0.39, 0.29) is 40.2 Å². The van der Waals surface area contributed by atoms with Gasteiger partial charge in [0.05, 0.1) is 6.10 Å². The molecule has 0 aromatic rings. The Labute approximate surface area is 210 Å². The Morgan fingerprint density at radius 1 is 1.06 bits per heavy atom. The highest BCUT2D eigenvalue weighted by atomic mass is 16.7. The molecule has 9 heteroatoms. The van der Waals surface area contributed by atoms with Crippen LogP contribution >= 0.6 is 0 Å². The second kappa shape index (κ2) is 8.98. The predicted octanol–water partition coefficient (Wildman–Crippen LogP) is 1.61. The average Bonchev–Trinajstić information content (AvgIpc) is 3.16. The third kappa shape index (κ3) is 3.81. The quantitative estimate of drug-likeness (QED) is 0.446. The second-order valence-corrected chi connectivity index (χ2v) is 12.2. The summed E-state index contributed by atoms with van der Waals surface area (Å²) in [6.07, 6.45) is -1.93. The number of carboxylic acid groups (broad SMARTS) is 1. The lowest BCUT2D eigenvalue weighted by Crippen LogP contribution is -2.63. The highest BCUT2D eigenvalue weighted by molar-refractivity contribution is 5.91. The molecule has 5 unspecified atom stereocenters. The molecule has 0 bridgehead atoms. The van der Waals surface area contributed by atoms with Gasteiger partial charge in [0, 0.05) is 12.3 Å². The molecule has 1 aliphatic heterocycles. The molecule has 0 spiro atoms. The number of fused-ring (bicyclic) bond motifs is 5. The van der Waals surface area contributed by atoms with Gasteiger partial charge in [0.25, 0.3) is 0 Å². The van der Waals surface area contributed by atoms with Gasteiger partial charge in [-0.3, -0.25) is 9.59 Å². The van der Waals surface area contributed by atoms with Crippen molar-refractivity contribution in [2.24, 2.45) is 34.5 Å². The highest BCUT2D eigenvalue weighted by Crippen LogP contribution is 2.67. The molecule has 4 fully saturated rings. The van der Waals surface area contributed by atoms with Crippen molar-refractivity contribution in [3.05, 3.63) is 11.6 Å². The van der Waals surface area contributed by atoms with Crippen LogP contribution in [0.3, 0.4) is 0 Å². The van der Waals surface area contributed by atoms with E-state index in [1.54, 1.807) is 13.0 Å². The van der Waals surface area contributed by atoms with Gasteiger partial charge in [-0.05, 0) is 80.1 Å². The maximum Gasteiger partial charge on any atom is 0.335 e. The van der Waals surface area contributed by atoms with Crippen LogP contribution in [0.1, 0.15) is 65.7 Å². The normalized spacial score (nSPS) is 50.5. The van der Waals surface area contributed by atoms with Crippen molar-refractivity contribution in [2.45, 2.75) is 103 Å². The molecule has 200 valence electrons. The van der Waals surface area contributed by atoms with E-state index in [4.69, 9.17) is 9.47 Å². The molecule has 36 heavy (non-hydrogen) atoms. The molecular weight excluding hydrogens is 468 g/mol. The first kappa shape index (κ1) is 26.0. The number of rotatable bonds is 4. The summed E-state index contributed by atoms with van der Waals surface area (Å²) in [4.78, 5) is 36.6. The lowest BCUT2D eigenvalue weighted by Gasteiger charge is -2.61. The number of carbonyl (C=O) groups is 3. The Bertz CT molecular complexity index is 976. The number of carbonyl (C=O) groups excluding carboxylic acids is 2. The zero-order valence-electron chi connectivity index (χ0n) is 21.1. The van der Waals surface area contributed by atoms with Gasteiger partial charge in [-0.25, -0.2) is 4.79 Å². The molecule has 1 heterocycles. The fourth-order valence-corrected chi connectivity index (χ4v) is 8.78. The number of hydrogen-bond donors (Lipinski definition) is 4. The third-order valence-electron chi connectivity index (χ3n) is 10.5. The molecule has 5 rings (SSSR count). The highest BCUT2D eigenvalue weighted by Gasteiger charge is 2.64. The van der Waals surface area contributed by atoms with Crippen LogP contribution in [0.4, 0.5) is 0 Å². The van der Waals surface area contributed by atoms with Gasteiger partial charge in [0.1, 0.15) is 24.1 Å². The third-order valence-corrected chi connectivity index (χ3v) is 10.5. The summed E-state index contributed by atoms with van der Waals surface area (Å²) in [5.41, 5.74) is 0.493. The number of allylic oxidation sites excluding steroid dienone is 1. The summed E-state index contributed by atoms with van der Waals surface area (Å²) in [7, 11) is 0. The van der Waals surface area contributed by atoms with E-state index in [1.807, 2.05) is 0 Å². The molecular formula is C27H38O9. The topological polar surface area (TPSA) is 151 Å². The number of Topliss-reactive ketones (excluding diaryl/α,β-unsaturated/α-hetero) is 1. The van der Waals surface area contributed by atoms with E-state index in [0.29, 0.717) is 25.2 Å². The number of ether oxygens (including phenoxy) is 2. The van der Waals surface area contributed by atoms with Gasteiger partial charge in [-0.2, -0.15) is 0 Å². The first-order chi connectivity index (χ1) is 16.9. The molecule has 5 aliphatic rings. The number of aliphatic carboxylic acids is 1. The van der Waals surface area contributed by atoms with E-state index in [9.17, 15) is 34.8 Å². The molecule has 0 aromatic heterocycles. The van der Waals surface area contributed by atoms with Crippen LogP contribution in [-0.4, -0.2) is 74.8 Å². The maximum absolute atomic E-state index is 12.7. The van der Waals surface area contributed by atoms with Gasteiger partial charge in [-0.15, -0.1) is 0 Å². The SMILES string of the molecule is CC(=O)[C@@H]1CC[C@@H]2[C@H]3CCC4=CC(=O)CC[C@@]4(C)[C@@H]3[C@@H](OC3OC(C(=O)O)C(O)C(O)C3O)C[C@]21C. The molecule has 0 aromatic carbocycles. The second-order valence-electron chi connectivity index (χ2n) is 12.2. The molecule has 12 atom stereocenters. The Kier molecular flexibility index (Phi) is 6.48.